The highest BCUT2D eigenvalue weighted by Crippen LogP contribution is 2.47. The van der Waals surface area contributed by atoms with Crippen molar-refractivity contribution in [1.29, 1.82) is 0 Å². The molecule has 0 spiro atoms. The molecule has 1 heterocycles. The van der Waals surface area contributed by atoms with Crippen molar-refractivity contribution < 1.29 is 33.6 Å². The van der Waals surface area contributed by atoms with Crippen molar-refractivity contribution in [2.24, 2.45) is 10.9 Å². The van der Waals surface area contributed by atoms with Gasteiger partial charge in [0.15, 0.2) is 23.0 Å². The molecular weight excluding hydrogens is 546 g/mol. The molecule has 0 saturated heterocycles. The van der Waals surface area contributed by atoms with Gasteiger partial charge in [-0.25, -0.2) is 4.79 Å². The predicted octanol–water partition coefficient (Wildman–Crippen LogP) is 6.17. The number of hydrogen-bond acceptors (Lipinski definition) is 8. The lowest BCUT2D eigenvalue weighted by Crippen LogP contribution is -2.41. The highest BCUT2D eigenvalue weighted by Gasteiger charge is 2.46. The Labute approximate surface area is 252 Å². The number of ether oxygens (including phenoxy) is 4. The zero-order valence-corrected chi connectivity index (χ0v) is 25.0. The molecule has 224 valence electrons. The average Bonchev–Trinajstić information content (AvgIpc) is 3.01. The molecule has 1 N–H and O–H groups in total. The number of aromatic hydroxyl groups is 1. The number of hydrogen-bond donors (Lipinski definition) is 1. The summed E-state index contributed by atoms with van der Waals surface area (Å²) in [6, 6.07) is 20.5. The van der Waals surface area contributed by atoms with E-state index in [2.05, 4.69) is 0 Å². The summed E-state index contributed by atoms with van der Waals surface area (Å²) in [7, 11) is 3.17. The molecule has 0 aromatic heterocycles. The van der Waals surface area contributed by atoms with Crippen LogP contribution >= 0.6 is 0 Å². The van der Waals surface area contributed by atoms with Gasteiger partial charge in [0.1, 0.15) is 5.78 Å². The number of Topliss-reactive ketones (excluding diaryl/α,β-unsaturated/α-hetero) is 1. The summed E-state index contributed by atoms with van der Waals surface area (Å²) in [6.07, 6.45) is 1.40. The fraction of sp³-hybridized carbons (Fsp3) is 0.343. The van der Waals surface area contributed by atoms with Gasteiger partial charge in [-0.05, 0) is 67.1 Å². The summed E-state index contributed by atoms with van der Waals surface area (Å²) in [5, 5.41) is 10.4. The van der Waals surface area contributed by atoms with Gasteiger partial charge >= 0.3 is 5.97 Å². The highest BCUT2D eigenvalue weighted by atomic mass is 16.5. The van der Waals surface area contributed by atoms with Gasteiger partial charge in [-0.3, -0.25) is 9.79 Å². The van der Waals surface area contributed by atoms with E-state index in [1.807, 2.05) is 55.5 Å². The van der Waals surface area contributed by atoms with E-state index >= 15 is 0 Å². The number of rotatable bonds is 10. The second-order valence-corrected chi connectivity index (χ2v) is 10.8. The van der Waals surface area contributed by atoms with Crippen molar-refractivity contribution in [3.05, 3.63) is 94.7 Å². The van der Waals surface area contributed by atoms with Crippen LogP contribution in [0.5, 0.6) is 23.0 Å². The van der Waals surface area contributed by atoms with Gasteiger partial charge in [-0.15, -0.1) is 0 Å². The molecule has 1 fully saturated rings. The first-order chi connectivity index (χ1) is 20.8. The van der Waals surface area contributed by atoms with E-state index in [0.29, 0.717) is 53.5 Å². The van der Waals surface area contributed by atoms with Crippen LogP contribution in [0.15, 0.2) is 83.0 Å². The molecule has 3 atom stereocenters. The molecule has 1 saturated carbocycles. The topological polar surface area (TPSA) is 104 Å². The molecule has 0 bridgehead atoms. The number of aliphatic imine (C=N–C) groups is 1. The summed E-state index contributed by atoms with van der Waals surface area (Å²) >= 11 is 0. The lowest BCUT2D eigenvalue weighted by atomic mass is 9.66. The van der Waals surface area contributed by atoms with Crippen LogP contribution in [0.4, 0.5) is 0 Å². The third-order valence-corrected chi connectivity index (χ3v) is 8.16. The number of phenolic OH excluding ortho intramolecular Hbond substituents is 1. The number of phenols is 1. The molecule has 8 nitrogen and oxygen atoms in total. The fourth-order valence-electron chi connectivity index (χ4n) is 6.12. The Balaban J connectivity index is 1.50. The normalized spacial score (nSPS) is 19.8. The van der Waals surface area contributed by atoms with Gasteiger partial charge in [0, 0.05) is 30.2 Å². The number of carbonyl (C=O) groups excluding carboxylic acids is 2. The Morgan fingerprint density at radius 3 is 2.35 bits per heavy atom. The smallest absolute Gasteiger partial charge is 0.336 e. The second kappa shape index (κ2) is 13.2. The van der Waals surface area contributed by atoms with E-state index in [1.165, 1.54) is 0 Å². The Kier molecular flexibility index (Phi) is 9.14. The fourth-order valence-corrected chi connectivity index (χ4v) is 6.12. The van der Waals surface area contributed by atoms with E-state index < -0.39 is 17.8 Å². The molecule has 1 aliphatic carbocycles. The first kappa shape index (κ1) is 29.9. The summed E-state index contributed by atoms with van der Waals surface area (Å²) in [5.41, 5.74) is 4.31. The summed E-state index contributed by atoms with van der Waals surface area (Å²) in [4.78, 5) is 32.6. The zero-order valence-electron chi connectivity index (χ0n) is 25.0. The van der Waals surface area contributed by atoms with Crippen LogP contribution in [0.3, 0.4) is 0 Å². The summed E-state index contributed by atoms with van der Waals surface area (Å²) in [6.45, 7) is 4.17. The van der Waals surface area contributed by atoms with Gasteiger partial charge in [0.25, 0.3) is 0 Å². The van der Waals surface area contributed by atoms with Crippen molar-refractivity contribution in [3.63, 3.8) is 0 Å². The van der Waals surface area contributed by atoms with Crippen LogP contribution < -0.4 is 14.2 Å². The molecule has 8 heteroatoms. The Bertz CT molecular complexity index is 1560. The summed E-state index contributed by atoms with van der Waals surface area (Å²) in [5.74, 6) is -0.378. The molecular formula is C35H37NO7. The zero-order chi connectivity index (χ0) is 30.5. The van der Waals surface area contributed by atoms with E-state index in [0.717, 1.165) is 16.8 Å². The third-order valence-electron chi connectivity index (χ3n) is 8.16. The van der Waals surface area contributed by atoms with Gasteiger partial charge in [0.05, 0.1) is 38.9 Å². The third kappa shape index (κ3) is 6.28. The molecule has 0 radical (unpaired) electrons. The van der Waals surface area contributed by atoms with E-state index in [4.69, 9.17) is 23.9 Å². The molecule has 1 unspecified atom stereocenters. The summed E-state index contributed by atoms with van der Waals surface area (Å²) < 4.78 is 22.3. The van der Waals surface area contributed by atoms with Gasteiger partial charge in [-0.2, -0.15) is 0 Å². The largest absolute Gasteiger partial charge is 0.504 e. The van der Waals surface area contributed by atoms with E-state index in [1.54, 1.807) is 39.3 Å². The Morgan fingerprint density at radius 2 is 1.63 bits per heavy atom. The van der Waals surface area contributed by atoms with Crippen LogP contribution in [0.2, 0.25) is 0 Å². The number of carbonyl (C=O) groups is 2. The predicted molar refractivity (Wildman–Crippen MR) is 163 cm³/mol. The van der Waals surface area contributed by atoms with E-state index in [9.17, 15) is 14.7 Å². The number of allylic oxidation sites excluding steroid dienone is 1. The van der Waals surface area contributed by atoms with Crippen LogP contribution in [0, 0.1) is 5.92 Å². The van der Waals surface area contributed by atoms with Crippen molar-refractivity contribution in [2.75, 3.05) is 27.4 Å². The monoisotopic (exact) mass is 583 g/mol. The highest BCUT2D eigenvalue weighted by molar-refractivity contribution is 6.12. The maximum Gasteiger partial charge on any atom is 0.336 e. The van der Waals surface area contributed by atoms with Crippen molar-refractivity contribution in [3.8, 4) is 23.0 Å². The van der Waals surface area contributed by atoms with Crippen LogP contribution in [-0.4, -0.2) is 50.0 Å². The molecule has 3 aromatic carbocycles. The minimum Gasteiger partial charge on any atom is -0.504 e. The molecule has 43 heavy (non-hydrogen) atoms. The minimum atomic E-state index is -0.643. The van der Waals surface area contributed by atoms with Crippen LogP contribution in [0.25, 0.3) is 0 Å². The molecule has 2 aliphatic rings. The Hall–Kier alpha value is -4.59. The number of ketones is 1. The van der Waals surface area contributed by atoms with Crippen molar-refractivity contribution >= 4 is 17.5 Å². The Morgan fingerprint density at radius 1 is 0.907 bits per heavy atom. The van der Waals surface area contributed by atoms with Crippen LogP contribution in [0.1, 0.15) is 55.2 Å². The van der Waals surface area contributed by atoms with Crippen LogP contribution in [-0.2, 0) is 20.7 Å². The lowest BCUT2D eigenvalue weighted by molar-refractivity contribution is -0.139. The quantitative estimate of drug-likeness (QED) is 0.285. The number of esters is 1. The van der Waals surface area contributed by atoms with Crippen molar-refractivity contribution in [1.82, 2.24) is 0 Å². The standard InChI is InChI=1S/C35H37NO7/c1-5-42-30-20-24(11-13-27(30)37)33-32(35(39)43-16-15-22-9-7-6-8-10-22)21(2)36-26-17-25(18-28(38)34(26)33)23-12-14-29(40-3)31(19-23)41-4/h6-14,19-20,25,33-34,37H,5,15-18H2,1-4H3/t25-,33+,34?/m1/s1. The van der Waals surface area contributed by atoms with Gasteiger partial charge in [-0.1, -0.05) is 42.5 Å². The molecule has 5 rings (SSSR count). The average molecular weight is 584 g/mol. The molecule has 3 aromatic rings. The maximum absolute atomic E-state index is 14.0. The van der Waals surface area contributed by atoms with Gasteiger partial charge < -0.3 is 24.1 Å². The van der Waals surface area contributed by atoms with Gasteiger partial charge in [0.2, 0.25) is 0 Å². The SMILES string of the molecule is CCOc1cc([C@H]2C(C(=O)OCCc3ccccc3)=C(C)N=C3C[C@@H](c4ccc(OC)c(OC)c4)CC(=O)C32)ccc1O. The minimum absolute atomic E-state index is 0.00789. The van der Waals surface area contributed by atoms with Crippen molar-refractivity contribution in [2.45, 2.75) is 44.9 Å². The second-order valence-electron chi connectivity index (χ2n) is 10.8. The first-order valence-electron chi connectivity index (χ1n) is 14.5. The van der Waals surface area contributed by atoms with E-state index in [-0.39, 0.29) is 30.5 Å². The number of fused-ring (bicyclic) bond motifs is 1. The number of nitrogens with zero attached hydrogens (tertiary/aromatic N) is 1. The first-order valence-corrected chi connectivity index (χ1v) is 14.5. The number of benzene rings is 3. The number of methoxy groups -OCH3 is 2. The molecule has 1 aliphatic heterocycles. The lowest BCUT2D eigenvalue weighted by Gasteiger charge is -2.38. The molecule has 0 amide bonds. The maximum atomic E-state index is 14.0.